The number of methoxy groups -OCH3 is 1. The zero-order chi connectivity index (χ0) is 20.4. The summed E-state index contributed by atoms with van der Waals surface area (Å²) in [4.78, 5) is 27.7. The van der Waals surface area contributed by atoms with Crippen molar-refractivity contribution in [2.75, 3.05) is 26.8 Å². The molecule has 2 fully saturated rings. The molecule has 0 saturated carbocycles. The fourth-order valence-electron chi connectivity index (χ4n) is 4.02. The second kappa shape index (κ2) is 8.23. The molecule has 2 unspecified atom stereocenters. The van der Waals surface area contributed by atoms with Crippen LogP contribution in [0.3, 0.4) is 0 Å². The van der Waals surface area contributed by atoms with E-state index in [9.17, 15) is 9.59 Å². The summed E-state index contributed by atoms with van der Waals surface area (Å²) >= 11 is 0. The van der Waals surface area contributed by atoms with Crippen molar-refractivity contribution in [1.82, 2.24) is 9.80 Å². The van der Waals surface area contributed by atoms with Crippen molar-refractivity contribution in [2.24, 2.45) is 0 Å². The zero-order valence-electron chi connectivity index (χ0n) is 16.3. The maximum atomic E-state index is 12.5. The van der Waals surface area contributed by atoms with E-state index >= 15 is 0 Å². The molecule has 0 radical (unpaired) electrons. The van der Waals surface area contributed by atoms with Gasteiger partial charge in [0.25, 0.3) is 0 Å². The maximum Gasteiger partial charge on any atom is 0.335 e. The van der Waals surface area contributed by atoms with E-state index in [4.69, 9.17) is 14.6 Å². The Labute approximate surface area is 169 Å². The standard InChI is InChI=1S/C22H24N2O5/c1-28-18-8-4-16(5-9-18)11-24-19-12-23(13-20(19)29-14-21(24)25)10-15-2-6-17(7-3-15)22(26)27/h2-9,19-20H,10-14H2,1H3,(H,26,27). The van der Waals surface area contributed by atoms with Gasteiger partial charge in [0, 0.05) is 26.2 Å². The van der Waals surface area contributed by atoms with Crippen LogP contribution in [0.4, 0.5) is 0 Å². The van der Waals surface area contributed by atoms with Crippen LogP contribution < -0.4 is 4.74 Å². The number of benzene rings is 2. The number of hydrogen-bond donors (Lipinski definition) is 1. The number of carbonyl (C=O) groups is 2. The quantitative estimate of drug-likeness (QED) is 0.805. The van der Waals surface area contributed by atoms with Gasteiger partial charge in [-0.05, 0) is 35.4 Å². The molecule has 29 heavy (non-hydrogen) atoms. The number of rotatable bonds is 6. The third-order valence-electron chi connectivity index (χ3n) is 5.57. The number of carbonyl (C=O) groups excluding carboxylic acids is 1. The van der Waals surface area contributed by atoms with Crippen molar-refractivity contribution in [3.05, 3.63) is 65.2 Å². The van der Waals surface area contributed by atoms with Crippen LogP contribution in [0.1, 0.15) is 21.5 Å². The van der Waals surface area contributed by atoms with Crippen LogP contribution in [0.25, 0.3) is 0 Å². The van der Waals surface area contributed by atoms with Crippen molar-refractivity contribution in [2.45, 2.75) is 25.2 Å². The number of carboxylic acid groups (broad SMARTS) is 1. The first-order chi connectivity index (χ1) is 14.0. The number of ether oxygens (including phenoxy) is 2. The lowest BCUT2D eigenvalue weighted by Gasteiger charge is -2.36. The smallest absolute Gasteiger partial charge is 0.335 e. The Balaban J connectivity index is 1.43. The topological polar surface area (TPSA) is 79.3 Å². The number of likely N-dealkylation sites (tertiary alicyclic amines) is 1. The van der Waals surface area contributed by atoms with E-state index in [0.717, 1.165) is 30.0 Å². The lowest BCUT2D eigenvalue weighted by atomic mass is 10.1. The van der Waals surface area contributed by atoms with Gasteiger partial charge in [-0.2, -0.15) is 0 Å². The van der Waals surface area contributed by atoms with Gasteiger partial charge in [0.15, 0.2) is 0 Å². The maximum absolute atomic E-state index is 12.5. The first-order valence-corrected chi connectivity index (χ1v) is 9.62. The van der Waals surface area contributed by atoms with E-state index in [2.05, 4.69) is 4.90 Å². The molecule has 152 valence electrons. The highest BCUT2D eigenvalue weighted by molar-refractivity contribution is 5.87. The summed E-state index contributed by atoms with van der Waals surface area (Å²) in [5, 5.41) is 9.03. The minimum absolute atomic E-state index is 0.00901. The van der Waals surface area contributed by atoms with Crippen LogP contribution in [0, 0.1) is 0 Å². The van der Waals surface area contributed by atoms with Crippen LogP contribution in [-0.2, 0) is 22.6 Å². The van der Waals surface area contributed by atoms with Crippen molar-refractivity contribution in [3.8, 4) is 5.75 Å². The van der Waals surface area contributed by atoms with Gasteiger partial charge in [0.05, 0.1) is 24.8 Å². The van der Waals surface area contributed by atoms with Gasteiger partial charge in [0.2, 0.25) is 5.91 Å². The molecule has 0 aliphatic carbocycles. The molecule has 7 nitrogen and oxygen atoms in total. The highest BCUT2D eigenvalue weighted by atomic mass is 16.5. The molecule has 2 aliphatic heterocycles. The molecule has 1 N–H and O–H groups in total. The van der Waals surface area contributed by atoms with Gasteiger partial charge < -0.3 is 19.5 Å². The minimum atomic E-state index is -0.926. The number of amides is 1. The van der Waals surface area contributed by atoms with Gasteiger partial charge >= 0.3 is 5.97 Å². The first kappa shape index (κ1) is 19.4. The molecule has 2 aromatic rings. The molecule has 0 bridgehead atoms. The van der Waals surface area contributed by atoms with Gasteiger partial charge in [-0.15, -0.1) is 0 Å². The van der Waals surface area contributed by atoms with Crippen LogP contribution in [0.2, 0.25) is 0 Å². The second-order valence-electron chi connectivity index (χ2n) is 7.48. The SMILES string of the molecule is COc1ccc(CN2C(=O)COC3CN(Cc4ccc(C(=O)O)cc4)CC32)cc1. The van der Waals surface area contributed by atoms with Gasteiger partial charge in [-0.3, -0.25) is 9.69 Å². The van der Waals surface area contributed by atoms with E-state index in [1.807, 2.05) is 41.3 Å². The Bertz CT molecular complexity index is 881. The van der Waals surface area contributed by atoms with Crippen molar-refractivity contribution in [3.63, 3.8) is 0 Å². The Kier molecular flexibility index (Phi) is 5.51. The average molecular weight is 396 g/mol. The molecule has 2 aromatic carbocycles. The van der Waals surface area contributed by atoms with E-state index in [0.29, 0.717) is 13.1 Å². The predicted molar refractivity (Wildman–Crippen MR) is 106 cm³/mol. The third-order valence-corrected chi connectivity index (χ3v) is 5.57. The van der Waals surface area contributed by atoms with E-state index < -0.39 is 5.97 Å². The molecule has 2 saturated heterocycles. The second-order valence-corrected chi connectivity index (χ2v) is 7.48. The highest BCUT2D eigenvalue weighted by Gasteiger charge is 2.42. The average Bonchev–Trinajstić information content (AvgIpc) is 3.14. The molecule has 2 heterocycles. The molecule has 0 aromatic heterocycles. The van der Waals surface area contributed by atoms with E-state index in [-0.39, 0.29) is 30.2 Å². The molecule has 2 atom stereocenters. The van der Waals surface area contributed by atoms with Gasteiger partial charge in [-0.25, -0.2) is 4.79 Å². The highest BCUT2D eigenvalue weighted by Crippen LogP contribution is 2.27. The summed E-state index contributed by atoms with van der Waals surface area (Å²) in [5.74, 6) is -0.125. The van der Waals surface area contributed by atoms with Crippen molar-refractivity contribution >= 4 is 11.9 Å². The summed E-state index contributed by atoms with van der Waals surface area (Å²) in [7, 11) is 1.63. The largest absolute Gasteiger partial charge is 0.497 e. The van der Waals surface area contributed by atoms with E-state index in [1.165, 1.54) is 0 Å². The molecule has 4 rings (SSSR count). The van der Waals surface area contributed by atoms with Crippen LogP contribution in [0.15, 0.2) is 48.5 Å². The summed E-state index contributed by atoms with van der Waals surface area (Å²) in [6.45, 7) is 2.83. The van der Waals surface area contributed by atoms with Crippen LogP contribution >= 0.6 is 0 Å². The number of carboxylic acids is 1. The Morgan fingerprint density at radius 1 is 1.07 bits per heavy atom. The molecular weight excluding hydrogens is 372 g/mol. The normalized spacial score (nSPS) is 21.8. The number of fused-ring (bicyclic) bond motifs is 1. The summed E-state index contributed by atoms with van der Waals surface area (Å²) in [6, 6.07) is 14.7. The Morgan fingerprint density at radius 2 is 1.72 bits per heavy atom. The molecule has 1 amide bonds. The minimum Gasteiger partial charge on any atom is -0.497 e. The monoisotopic (exact) mass is 396 g/mol. The van der Waals surface area contributed by atoms with Crippen molar-refractivity contribution < 1.29 is 24.2 Å². The fraction of sp³-hybridized carbons (Fsp3) is 0.364. The van der Waals surface area contributed by atoms with Gasteiger partial charge in [-0.1, -0.05) is 24.3 Å². The van der Waals surface area contributed by atoms with Crippen LogP contribution in [-0.4, -0.2) is 65.7 Å². The molecule has 7 heteroatoms. The summed E-state index contributed by atoms with van der Waals surface area (Å²) in [6.07, 6.45) is -0.00996. The fourth-order valence-corrected chi connectivity index (χ4v) is 4.02. The third kappa shape index (κ3) is 4.26. The predicted octanol–water partition coefficient (Wildman–Crippen LogP) is 2.01. The lowest BCUT2D eigenvalue weighted by molar-refractivity contribution is -0.153. The summed E-state index contributed by atoms with van der Waals surface area (Å²) in [5.41, 5.74) is 2.38. The lowest BCUT2D eigenvalue weighted by Crippen LogP contribution is -2.53. The van der Waals surface area contributed by atoms with Gasteiger partial charge in [0.1, 0.15) is 12.4 Å². The Hall–Kier alpha value is -2.90. The van der Waals surface area contributed by atoms with Crippen LogP contribution in [0.5, 0.6) is 5.75 Å². The Morgan fingerprint density at radius 3 is 2.38 bits per heavy atom. The molecular formula is C22H24N2O5. The number of morpholine rings is 1. The summed E-state index contributed by atoms with van der Waals surface area (Å²) < 4.78 is 11.0. The number of aromatic carboxylic acids is 1. The first-order valence-electron chi connectivity index (χ1n) is 9.62. The number of nitrogens with zero attached hydrogens (tertiary/aromatic N) is 2. The zero-order valence-corrected chi connectivity index (χ0v) is 16.3. The van der Waals surface area contributed by atoms with E-state index in [1.54, 1.807) is 19.2 Å². The number of hydrogen-bond acceptors (Lipinski definition) is 5. The van der Waals surface area contributed by atoms with Crippen molar-refractivity contribution in [1.29, 1.82) is 0 Å². The molecule has 2 aliphatic rings. The molecule has 0 spiro atoms.